The molecule has 0 bridgehead atoms. The van der Waals surface area contributed by atoms with E-state index >= 15 is 0 Å². The Labute approximate surface area is 197 Å². The zero-order chi connectivity index (χ0) is 23.4. The van der Waals surface area contributed by atoms with Crippen molar-refractivity contribution in [3.8, 4) is 10.4 Å². The quantitative estimate of drug-likeness (QED) is 0.453. The highest BCUT2D eigenvalue weighted by Crippen LogP contribution is 2.49. The maximum atomic E-state index is 13.8. The zero-order valence-corrected chi connectivity index (χ0v) is 18.7. The molecule has 3 heterocycles. The Morgan fingerprint density at radius 2 is 2.03 bits per heavy atom. The van der Waals surface area contributed by atoms with Crippen molar-refractivity contribution in [1.29, 1.82) is 0 Å². The van der Waals surface area contributed by atoms with Crippen LogP contribution in [0.4, 0.5) is 9.52 Å². The number of carbonyl (C=O) groups excluding carboxylic acids is 2. The van der Waals surface area contributed by atoms with Gasteiger partial charge in [-0.1, -0.05) is 40.8 Å². The molecule has 1 aliphatic carbocycles. The number of nitrogens with two attached hydrogens (primary N) is 1. The number of hydrogen-bond donors (Lipinski definition) is 2. The third-order valence-corrected chi connectivity index (χ3v) is 7.40. The van der Waals surface area contributed by atoms with E-state index in [4.69, 9.17) is 10.3 Å². The van der Waals surface area contributed by atoms with Crippen molar-refractivity contribution >= 4 is 39.3 Å². The van der Waals surface area contributed by atoms with Gasteiger partial charge < -0.3 is 20.5 Å². The minimum absolute atomic E-state index is 0.116. The second-order valence-corrected chi connectivity index (χ2v) is 9.67. The molecule has 2 aromatic carbocycles. The van der Waals surface area contributed by atoms with Gasteiger partial charge in [-0.25, -0.2) is 9.37 Å². The number of thiazole rings is 1. The molecular weight excluding hydrogens is 457 g/mol. The summed E-state index contributed by atoms with van der Waals surface area (Å²) in [6.45, 7) is 0.285. The first kappa shape index (κ1) is 20.8. The van der Waals surface area contributed by atoms with Crippen LogP contribution in [0.3, 0.4) is 0 Å². The maximum Gasteiger partial charge on any atom is 0.274 e. The lowest BCUT2D eigenvalue weighted by Gasteiger charge is -2.27. The first-order chi connectivity index (χ1) is 16.5. The smallest absolute Gasteiger partial charge is 0.274 e. The maximum absolute atomic E-state index is 13.8. The van der Waals surface area contributed by atoms with Crippen LogP contribution in [0.2, 0.25) is 0 Å². The number of fused-ring (bicyclic) bond motifs is 2. The fraction of sp³-hybridized carbons (Fsp3) is 0.250. The first-order valence-corrected chi connectivity index (χ1v) is 11.8. The fourth-order valence-electron chi connectivity index (χ4n) is 4.83. The number of amides is 2. The number of aromatic nitrogens is 2. The number of likely N-dealkylation sites (tertiary alicyclic amines) is 1. The van der Waals surface area contributed by atoms with Gasteiger partial charge in [-0.05, 0) is 48.6 Å². The van der Waals surface area contributed by atoms with Crippen LogP contribution in [0, 0.1) is 11.7 Å². The summed E-state index contributed by atoms with van der Waals surface area (Å²) in [5.74, 6) is -0.584. The number of nitrogens with zero attached hydrogens (tertiary/aromatic N) is 3. The van der Waals surface area contributed by atoms with E-state index in [1.807, 2.05) is 17.0 Å². The summed E-state index contributed by atoms with van der Waals surface area (Å²) in [5.41, 5.74) is 7.48. The van der Waals surface area contributed by atoms with Crippen molar-refractivity contribution in [2.24, 2.45) is 5.92 Å². The van der Waals surface area contributed by atoms with Crippen molar-refractivity contribution in [1.82, 2.24) is 20.4 Å². The largest absolute Gasteiger partial charge is 0.375 e. The summed E-state index contributed by atoms with van der Waals surface area (Å²) in [7, 11) is 0. The molecule has 1 saturated carbocycles. The van der Waals surface area contributed by atoms with Gasteiger partial charge in [0.1, 0.15) is 11.5 Å². The molecule has 2 aromatic heterocycles. The number of piperidine rings is 1. The van der Waals surface area contributed by atoms with Crippen LogP contribution < -0.4 is 11.1 Å². The SMILES string of the molecule is Nc1nc(C(=O)N2C(CNC(=O)c3noc4ccccc34)CC3C[C@@H]32)c(-c2cccc(F)c2)s1. The Balaban J connectivity index is 1.23. The number of para-hydroxylation sites is 1. The summed E-state index contributed by atoms with van der Waals surface area (Å²) in [4.78, 5) is 33.1. The van der Waals surface area contributed by atoms with Crippen molar-refractivity contribution in [2.75, 3.05) is 12.3 Å². The lowest BCUT2D eigenvalue weighted by molar-refractivity contribution is 0.0684. The molecule has 2 fully saturated rings. The van der Waals surface area contributed by atoms with E-state index in [-0.39, 0.29) is 47.0 Å². The monoisotopic (exact) mass is 477 g/mol. The summed E-state index contributed by atoms with van der Waals surface area (Å²) in [6, 6.07) is 13.1. The Kier molecular flexibility index (Phi) is 4.84. The van der Waals surface area contributed by atoms with Crippen LogP contribution in [-0.2, 0) is 0 Å². The summed E-state index contributed by atoms with van der Waals surface area (Å²) < 4.78 is 19.0. The summed E-state index contributed by atoms with van der Waals surface area (Å²) in [6.07, 6.45) is 1.73. The first-order valence-electron chi connectivity index (χ1n) is 11.0. The van der Waals surface area contributed by atoms with E-state index in [1.165, 1.54) is 12.1 Å². The Hall–Kier alpha value is -3.79. The standard InChI is InChI=1S/C24H20FN5O3S/c25-14-5-3-4-12(8-14)21-20(28-24(26)34-21)23(32)30-15(9-13-10-17(13)30)11-27-22(31)19-16-6-1-2-7-18(16)33-29-19/h1-8,13,15,17H,9-11H2,(H2,26,28)(H,27,31)/t13?,15?,17-/m0/s1. The molecule has 172 valence electrons. The Morgan fingerprint density at radius 1 is 1.18 bits per heavy atom. The van der Waals surface area contributed by atoms with Gasteiger partial charge in [-0.2, -0.15) is 0 Å². The minimum atomic E-state index is -0.396. The number of benzene rings is 2. The summed E-state index contributed by atoms with van der Waals surface area (Å²) in [5, 5.41) is 7.69. The molecule has 3 N–H and O–H groups in total. The van der Waals surface area contributed by atoms with Crippen LogP contribution in [0.25, 0.3) is 21.4 Å². The van der Waals surface area contributed by atoms with Crippen molar-refractivity contribution < 1.29 is 18.5 Å². The number of anilines is 1. The van der Waals surface area contributed by atoms with E-state index in [0.717, 1.165) is 24.2 Å². The summed E-state index contributed by atoms with van der Waals surface area (Å²) >= 11 is 1.16. The number of nitrogens with one attached hydrogen (secondary N) is 1. The van der Waals surface area contributed by atoms with Gasteiger partial charge in [0.25, 0.3) is 11.8 Å². The van der Waals surface area contributed by atoms with Crippen LogP contribution in [0.5, 0.6) is 0 Å². The topological polar surface area (TPSA) is 114 Å². The molecule has 4 aromatic rings. The predicted molar refractivity (Wildman–Crippen MR) is 125 cm³/mol. The molecule has 0 spiro atoms. The van der Waals surface area contributed by atoms with Crippen LogP contribution in [0.1, 0.15) is 33.8 Å². The molecule has 2 unspecified atom stereocenters. The molecule has 8 nitrogen and oxygen atoms in total. The highest BCUT2D eigenvalue weighted by molar-refractivity contribution is 7.19. The van der Waals surface area contributed by atoms with Gasteiger partial charge in [0.05, 0.1) is 16.3 Å². The molecule has 6 rings (SSSR count). The number of rotatable bonds is 5. The van der Waals surface area contributed by atoms with Crippen molar-refractivity contribution in [3.63, 3.8) is 0 Å². The lowest BCUT2D eigenvalue weighted by atomic mass is 10.1. The van der Waals surface area contributed by atoms with Crippen molar-refractivity contribution in [2.45, 2.75) is 24.9 Å². The van der Waals surface area contributed by atoms with E-state index in [0.29, 0.717) is 27.3 Å². The van der Waals surface area contributed by atoms with Gasteiger partial charge in [0, 0.05) is 12.6 Å². The van der Waals surface area contributed by atoms with Gasteiger partial charge in [-0.3, -0.25) is 9.59 Å². The molecule has 2 amide bonds. The van der Waals surface area contributed by atoms with E-state index in [1.54, 1.807) is 24.3 Å². The second-order valence-electron chi connectivity index (χ2n) is 8.64. The normalized spacial score (nSPS) is 21.0. The molecule has 1 aliphatic heterocycles. The Bertz CT molecular complexity index is 1430. The highest BCUT2D eigenvalue weighted by atomic mass is 32.1. The average molecular weight is 478 g/mol. The van der Waals surface area contributed by atoms with Gasteiger partial charge in [0.15, 0.2) is 16.4 Å². The minimum Gasteiger partial charge on any atom is -0.375 e. The predicted octanol–water partition coefficient (Wildman–Crippen LogP) is 3.71. The lowest BCUT2D eigenvalue weighted by Crippen LogP contribution is -2.45. The molecule has 0 radical (unpaired) electrons. The zero-order valence-electron chi connectivity index (χ0n) is 17.9. The fourth-order valence-corrected chi connectivity index (χ4v) is 5.65. The van der Waals surface area contributed by atoms with Crippen molar-refractivity contribution in [3.05, 3.63) is 65.7 Å². The van der Waals surface area contributed by atoms with Crippen LogP contribution >= 0.6 is 11.3 Å². The van der Waals surface area contributed by atoms with Gasteiger partial charge >= 0.3 is 0 Å². The van der Waals surface area contributed by atoms with Gasteiger partial charge in [0.2, 0.25) is 0 Å². The van der Waals surface area contributed by atoms with E-state index in [9.17, 15) is 14.0 Å². The number of nitrogen functional groups attached to an aromatic ring is 1. The molecule has 10 heteroatoms. The van der Waals surface area contributed by atoms with Crippen LogP contribution in [0.15, 0.2) is 53.1 Å². The third-order valence-electron chi connectivity index (χ3n) is 6.47. The molecule has 1 saturated heterocycles. The van der Waals surface area contributed by atoms with E-state index < -0.39 is 5.82 Å². The van der Waals surface area contributed by atoms with Crippen LogP contribution in [-0.4, -0.2) is 45.5 Å². The molecule has 2 aliphatic rings. The number of halogens is 1. The number of hydrogen-bond acceptors (Lipinski definition) is 7. The average Bonchev–Trinajstić information content (AvgIpc) is 3.17. The molecule has 3 atom stereocenters. The molecular formula is C24H20FN5O3S. The second kappa shape index (κ2) is 7.91. The van der Waals surface area contributed by atoms with E-state index in [2.05, 4.69) is 15.5 Å². The third kappa shape index (κ3) is 3.50. The number of carbonyl (C=O) groups is 2. The highest BCUT2D eigenvalue weighted by Gasteiger charge is 2.54. The van der Waals surface area contributed by atoms with Gasteiger partial charge in [-0.15, -0.1) is 0 Å². The Morgan fingerprint density at radius 3 is 2.88 bits per heavy atom. The molecule has 34 heavy (non-hydrogen) atoms.